The molecular weight excluding hydrogens is 237 g/mol. The van der Waals surface area contributed by atoms with Crippen LogP contribution in [0.2, 0.25) is 0 Å². The first kappa shape index (κ1) is 12.5. The molecule has 94 valence electrons. The van der Waals surface area contributed by atoms with E-state index in [2.05, 4.69) is 15.3 Å². The standard InChI is InChI=1S/C11H12FN5O/c12-10(18)11(7-13,9-1-2-15-8-16-9)17-5-3-14-4-6-17/h1-2,8,14H,3-6H2. The third-order valence-electron chi connectivity index (χ3n) is 2.99. The number of nitriles is 1. The van der Waals surface area contributed by atoms with Crippen LogP contribution in [0.3, 0.4) is 0 Å². The van der Waals surface area contributed by atoms with E-state index in [0.717, 1.165) is 0 Å². The number of nitrogens with one attached hydrogen (secondary N) is 1. The fraction of sp³-hybridized carbons (Fsp3) is 0.455. The summed E-state index contributed by atoms with van der Waals surface area (Å²) >= 11 is 0. The molecule has 1 aliphatic rings. The van der Waals surface area contributed by atoms with Gasteiger partial charge in [-0.05, 0) is 6.07 Å². The van der Waals surface area contributed by atoms with E-state index in [1.807, 2.05) is 0 Å². The van der Waals surface area contributed by atoms with Crippen molar-refractivity contribution in [2.24, 2.45) is 0 Å². The van der Waals surface area contributed by atoms with Crippen molar-refractivity contribution in [2.45, 2.75) is 5.54 Å². The maximum atomic E-state index is 13.5. The van der Waals surface area contributed by atoms with Crippen LogP contribution in [0.25, 0.3) is 0 Å². The molecule has 1 N–H and O–H groups in total. The average Bonchev–Trinajstić information content (AvgIpc) is 2.42. The fourth-order valence-corrected chi connectivity index (χ4v) is 2.06. The van der Waals surface area contributed by atoms with Crippen LogP contribution < -0.4 is 5.32 Å². The first-order chi connectivity index (χ1) is 8.71. The minimum atomic E-state index is -1.95. The van der Waals surface area contributed by atoms with Gasteiger partial charge in [-0.2, -0.15) is 9.65 Å². The summed E-state index contributed by atoms with van der Waals surface area (Å²) in [5.74, 6) is 0. The lowest BCUT2D eigenvalue weighted by molar-refractivity contribution is -0.140. The normalized spacial score (nSPS) is 19.8. The van der Waals surface area contributed by atoms with Crippen molar-refractivity contribution < 1.29 is 9.18 Å². The first-order valence-corrected chi connectivity index (χ1v) is 5.55. The van der Waals surface area contributed by atoms with Crippen molar-refractivity contribution in [3.8, 4) is 6.07 Å². The van der Waals surface area contributed by atoms with Crippen molar-refractivity contribution in [1.29, 1.82) is 5.26 Å². The Morgan fingerprint density at radius 2 is 2.28 bits per heavy atom. The van der Waals surface area contributed by atoms with Gasteiger partial charge in [0.25, 0.3) is 0 Å². The van der Waals surface area contributed by atoms with Crippen molar-refractivity contribution in [3.63, 3.8) is 0 Å². The van der Waals surface area contributed by atoms with E-state index in [-0.39, 0.29) is 5.69 Å². The fourth-order valence-electron chi connectivity index (χ4n) is 2.06. The zero-order valence-corrected chi connectivity index (χ0v) is 9.64. The Morgan fingerprint density at radius 3 is 2.78 bits per heavy atom. The maximum absolute atomic E-state index is 13.5. The van der Waals surface area contributed by atoms with E-state index < -0.39 is 11.6 Å². The van der Waals surface area contributed by atoms with Gasteiger partial charge in [0.05, 0.1) is 5.69 Å². The molecule has 2 rings (SSSR count). The molecule has 1 atom stereocenters. The summed E-state index contributed by atoms with van der Waals surface area (Å²) in [7, 11) is 0. The molecule has 6 nitrogen and oxygen atoms in total. The van der Waals surface area contributed by atoms with Crippen LogP contribution in [0.4, 0.5) is 4.39 Å². The Kier molecular flexibility index (Phi) is 3.60. The van der Waals surface area contributed by atoms with Crippen molar-refractivity contribution >= 4 is 6.04 Å². The number of piperazine rings is 1. The predicted octanol–water partition coefficient (Wildman–Crippen LogP) is -0.403. The number of nitrogens with zero attached hydrogens (tertiary/aromatic N) is 4. The molecule has 1 fully saturated rings. The number of carbonyl (C=O) groups is 1. The highest BCUT2D eigenvalue weighted by Crippen LogP contribution is 2.28. The Hall–Kier alpha value is -1.91. The van der Waals surface area contributed by atoms with Crippen LogP contribution >= 0.6 is 0 Å². The lowest BCUT2D eigenvalue weighted by Gasteiger charge is -2.37. The maximum Gasteiger partial charge on any atom is 0.342 e. The van der Waals surface area contributed by atoms with Gasteiger partial charge >= 0.3 is 6.04 Å². The zero-order chi connectivity index (χ0) is 13.0. The molecule has 2 heterocycles. The number of hydrogen-bond acceptors (Lipinski definition) is 6. The molecule has 0 aromatic carbocycles. The number of carbonyl (C=O) groups excluding carboxylic acids is 1. The van der Waals surface area contributed by atoms with Crippen LogP contribution in [0, 0.1) is 11.3 Å². The third-order valence-corrected chi connectivity index (χ3v) is 2.99. The zero-order valence-electron chi connectivity index (χ0n) is 9.64. The first-order valence-electron chi connectivity index (χ1n) is 5.55. The molecule has 0 spiro atoms. The second-order valence-electron chi connectivity index (χ2n) is 3.93. The monoisotopic (exact) mass is 249 g/mol. The minimum absolute atomic E-state index is 0.0781. The van der Waals surface area contributed by atoms with Crippen LogP contribution in [-0.2, 0) is 10.3 Å². The van der Waals surface area contributed by atoms with E-state index >= 15 is 0 Å². The summed E-state index contributed by atoms with van der Waals surface area (Å²) in [4.78, 5) is 20.5. The van der Waals surface area contributed by atoms with Crippen molar-refractivity contribution in [2.75, 3.05) is 26.2 Å². The molecule has 0 aliphatic carbocycles. The Bertz CT molecular complexity index is 468. The number of aromatic nitrogens is 2. The summed E-state index contributed by atoms with van der Waals surface area (Å²) in [6.45, 7) is 2.02. The van der Waals surface area contributed by atoms with Gasteiger partial charge in [-0.15, -0.1) is 0 Å². The van der Waals surface area contributed by atoms with E-state index in [9.17, 15) is 14.4 Å². The molecule has 7 heteroatoms. The Morgan fingerprint density at radius 1 is 1.56 bits per heavy atom. The van der Waals surface area contributed by atoms with Crippen LogP contribution in [-0.4, -0.2) is 47.1 Å². The van der Waals surface area contributed by atoms with Crippen molar-refractivity contribution in [1.82, 2.24) is 20.2 Å². The van der Waals surface area contributed by atoms with E-state index in [4.69, 9.17) is 0 Å². The Balaban J connectivity index is 2.46. The molecule has 1 unspecified atom stereocenters. The molecule has 0 saturated carbocycles. The lowest BCUT2D eigenvalue weighted by Crippen LogP contribution is -2.57. The topological polar surface area (TPSA) is 81.9 Å². The highest BCUT2D eigenvalue weighted by atomic mass is 19.1. The quantitative estimate of drug-likeness (QED) is 0.734. The molecule has 0 bridgehead atoms. The molecule has 1 aromatic rings. The average molecular weight is 249 g/mol. The van der Waals surface area contributed by atoms with Gasteiger partial charge in [0.2, 0.25) is 5.54 Å². The van der Waals surface area contributed by atoms with E-state index in [1.165, 1.54) is 23.5 Å². The summed E-state index contributed by atoms with van der Waals surface area (Å²) in [6, 6.07) is 1.47. The second kappa shape index (κ2) is 5.16. The molecular formula is C11H12FN5O. The van der Waals surface area contributed by atoms with Gasteiger partial charge in [-0.25, -0.2) is 9.97 Å². The summed E-state index contributed by atoms with van der Waals surface area (Å²) in [5.41, 5.74) is -1.88. The highest BCUT2D eigenvalue weighted by Gasteiger charge is 2.48. The molecule has 0 radical (unpaired) electrons. The van der Waals surface area contributed by atoms with Gasteiger partial charge in [0.1, 0.15) is 12.4 Å². The smallest absolute Gasteiger partial charge is 0.314 e. The van der Waals surface area contributed by atoms with Gasteiger partial charge in [0.15, 0.2) is 0 Å². The largest absolute Gasteiger partial charge is 0.342 e. The van der Waals surface area contributed by atoms with Crippen LogP contribution in [0.1, 0.15) is 5.69 Å². The number of halogens is 1. The van der Waals surface area contributed by atoms with Gasteiger partial charge in [-0.1, -0.05) is 0 Å². The van der Waals surface area contributed by atoms with E-state index in [0.29, 0.717) is 26.2 Å². The summed E-state index contributed by atoms with van der Waals surface area (Å²) in [6.07, 6.45) is 2.59. The highest BCUT2D eigenvalue weighted by molar-refractivity contribution is 5.84. The number of hydrogen-bond donors (Lipinski definition) is 1. The molecule has 0 amide bonds. The lowest BCUT2D eigenvalue weighted by atomic mass is 9.94. The predicted molar refractivity (Wildman–Crippen MR) is 59.9 cm³/mol. The summed E-state index contributed by atoms with van der Waals surface area (Å²) < 4.78 is 13.5. The second-order valence-corrected chi connectivity index (χ2v) is 3.93. The van der Waals surface area contributed by atoms with Crippen LogP contribution in [0.15, 0.2) is 18.6 Å². The SMILES string of the molecule is N#CC(C(=O)F)(c1ccncn1)N1CCNCC1. The number of rotatable bonds is 3. The molecule has 1 aromatic heterocycles. The minimum Gasteiger partial charge on any atom is -0.314 e. The van der Waals surface area contributed by atoms with Gasteiger partial charge < -0.3 is 5.32 Å². The molecule has 1 aliphatic heterocycles. The van der Waals surface area contributed by atoms with Crippen molar-refractivity contribution in [3.05, 3.63) is 24.3 Å². The molecule has 18 heavy (non-hydrogen) atoms. The summed E-state index contributed by atoms with van der Waals surface area (Å²) in [5, 5.41) is 12.4. The van der Waals surface area contributed by atoms with Crippen LogP contribution in [0.5, 0.6) is 0 Å². The third kappa shape index (κ3) is 1.96. The molecule has 1 saturated heterocycles. The van der Waals surface area contributed by atoms with Gasteiger partial charge in [0, 0.05) is 32.4 Å². The Labute approximate surface area is 103 Å². The van der Waals surface area contributed by atoms with Gasteiger partial charge in [-0.3, -0.25) is 9.69 Å². The van der Waals surface area contributed by atoms with E-state index in [1.54, 1.807) is 6.07 Å².